The monoisotopic (exact) mass is 290 g/mol. The topological polar surface area (TPSA) is 111 Å². The summed E-state index contributed by atoms with van der Waals surface area (Å²) in [6.45, 7) is 3.69. The van der Waals surface area contributed by atoms with E-state index in [0.717, 1.165) is 11.6 Å². The van der Waals surface area contributed by atoms with Crippen LogP contribution in [0.25, 0.3) is 0 Å². The van der Waals surface area contributed by atoms with E-state index in [1.807, 2.05) is 32.1 Å². The summed E-state index contributed by atoms with van der Waals surface area (Å²) in [4.78, 5) is 20.1. The first kappa shape index (κ1) is 16.0. The summed E-state index contributed by atoms with van der Waals surface area (Å²) in [6.07, 6.45) is 6.99. The van der Waals surface area contributed by atoms with Crippen LogP contribution in [0.4, 0.5) is 17.1 Å². The first-order valence-corrected chi connectivity index (χ1v) is 5.97. The van der Waals surface area contributed by atoms with E-state index in [4.69, 9.17) is 0 Å². The fourth-order valence-electron chi connectivity index (χ4n) is 1.37. The van der Waals surface area contributed by atoms with E-state index >= 15 is 0 Å². The minimum Gasteiger partial charge on any atom is -0.272 e. The van der Waals surface area contributed by atoms with Crippen LogP contribution in [0.2, 0.25) is 0 Å². The molecule has 1 rings (SSSR count). The molecule has 1 aromatic carbocycles. The minimum atomic E-state index is -0.701. The molecule has 0 saturated carbocycles. The molecule has 0 atom stereocenters. The van der Waals surface area contributed by atoms with Crippen molar-refractivity contribution in [2.75, 3.05) is 5.43 Å². The molecule has 0 spiro atoms. The molecule has 0 saturated heterocycles. The summed E-state index contributed by atoms with van der Waals surface area (Å²) in [5.74, 6) is 0. The second-order valence-corrected chi connectivity index (χ2v) is 4.02. The van der Waals surface area contributed by atoms with Crippen molar-refractivity contribution in [1.29, 1.82) is 0 Å². The Morgan fingerprint density at radius 3 is 2.57 bits per heavy atom. The van der Waals surface area contributed by atoms with Gasteiger partial charge in [-0.1, -0.05) is 18.2 Å². The Hall–Kier alpha value is -3.03. The zero-order valence-corrected chi connectivity index (χ0v) is 11.5. The molecule has 0 amide bonds. The van der Waals surface area contributed by atoms with E-state index in [9.17, 15) is 20.2 Å². The van der Waals surface area contributed by atoms with Crippen LogP contribution in [0.3, 0.4) is 0 Å². The lowest BCUT2D eigenvalue weighted by atomic mass is 10.2. The third-order valence-corrected chi connectivity index (χ3v) is 2.39. The molecule has 0 bridgehead atoms. The number of nitrogens with zero attached hydrogens (tertiary/aromatic N) is 3. The molecule has 1 N–H and O–H groups in total. The second kappa shape index (κ2) is 7.53. The number of benzene rings is 1. The summed E-state index contributed by atoms with van der Waals surface area (Å²) < 4.78 is 0. The normalized spacial score (nSPS) is 12.0. The van der Waals surface area contributed by atoms with Gasteiger partial charge >= 0.3 is 5.69 Å². The maximum atomic E-state index is 10.9. The van der Waals surface area contributed by atoms with Crippen LogP contribution in [0.1, 0.15) is 13.8 Å². The zero-order valence-electron chi connectivity index (χ0n) is 11.5. The number of rotatable bonds is 6. The summed E-state index contributed by atoms with van der Waals surface area (Å²) in [7, 11) is 0. The van der Waals surface area contributed by atoms with Crippen LogP contribution in [0, 0.1) is 20.2 Å². The fourth-order valence-corrected chi connectivity index (χ4v) is 1.37. The van der Waals surface area contributed by atoms with E-state index in [2.05, 4.69) is 10.5 Å². The van der Waals surface area contributed by atoms with Crippen LogP contribution in [0.5, 0.6) is 0 Å². The molecule has 0 heterocycles. The van der Waals surface area contributed by atoms with Crippen LogP contribution in [-0.4, -0.2) is 16.1 Å². The van der Waals surface area contributed by atoms with Gasteiger partial charge in [0.05, 0.1) is 22.1 Å². The van der Waals surface area contributed by atoms with Gasteiger partial charge in [-0.25, -0.2) is 0 Å². The van der Waals surface area contributed by atoms with Gasteiger partial charge in [-0.2, -0.15) is 5.10 Å². The Morgan fingerprint density at radius 2 is 2.00 bits per heavy atom. The standard InChI is InChI=1S/C13H14N4O4/c1-3-4-5-10(2)9-14-15-12-7-6-11(16(18)19)8-13(12)17(20)21/h3-9,15H,1-2H3/b4-3+,10-5+,14-9+. The molecule has 0 aliphatic heterocycles. The number of hydrogen-bond donors (Lipinski definition) is 1. The molecule has 8 nitrogen and oxygen atoms in total. The molecular weight excluding hydrogens is 276 g/mol. The molecule has 0 unspecified atom stereocenters. The third kappa shape index (κ3) is 4.86. The summed E-state index contributed by atoms with van der Waals surface area (Å²) in [5.41, 5.74) is 2.68. The van der Waals surface area contributed by atoms with Gasteiger partial charge in [0.1, 0.15) is 5.69 Å². The molecule has 0 radical (unpaired) electrons. The van der Waals surface area contributed by atoms with Crippen molar-refractivity contribution in [1.82, 2.24) is 0 Å². The Bertz CT molecular complexity index is 635. The zero-order chi connectivity index (χ0) is 15.8. The largest absolute Gasteiger partial charge is 0.301 e. The number of nitro groups is 2. The molecule has 8 heteroatoms. The number of nitrogens with one attached hydrogen (secondary N) is 1. The van der Waals surface area contributed by atoms with Gasteiger partial charge in [0.15, 0.2) is 0 Å². The minimum absolute atomic E-state index is 0.0840. The summed E-state index contributed by atoms with van der Waals surface area (Å²) >= 11 is 0. The first-order valence-electron chi connectivity index (χ1n) is 5.97. The third-order valence-electron chi connectivity index (χ3n) is 2.39. The molecule has 1 aromatic rings. The van der Waals surface area contributed by atoms with Crippen LogP contribution in [0.15, 0.2) is 47.1 Å². The fraction of sp³-hybridized carbons (Fsp3) is 0.154. The van der Waals surface area contributed by atoms with Crippen LogP contribution < -0.4 is 5.43 Å². The van der Waals surface area contributed by atoms with Gasteiger partial charge < -0.3 is 0 Å². The number of non-ortho nitro benzene ring substituents is 1. The van der Waals surface area contributed by atoms with Gasteiger partial charge in [-0.3, -0.25) is 25.7 Å². The van der Waals surface area contributed by atoms with Crippen molar-refractivity contribution >= 4 is 23.3 Å². The second-order valence-electron chi connectivity index (χ2n) is 4.02. The average molecular weight is 290 g/mol. The van der Waals surface area contributed by atoms with Gasteiger partial charge in [-0.05, 0) is 25.5 Å². The SMILES string of the molecule is C/C=C/C=C(C)/C=N/Nc1ccc([N+](=O)[O-])cc1[N+](=O)[O-]. The number of nitro benzene ring substituents is 2. The maximum Gasteiger partial charge on any atom is 0.301 e. The average Bonchev–Trinajstić information content (AvgIpc) is 2.44. The molecule has 0 aliphatic carbocycles. The van der Waals surface area contributed by atoms with E-state index in [0.29, 0.717) is 0 Å². The molecule has 0 fully saturated rings. The summed E-state index contributed by atoms with van der Waals surface area (Å²) in [5, 5.41) is 25.4. The van der Waals surface area contributed by atoms with Crippen molar-refractivity contribution in [3.63, 3.8) is 0 Å². The Morgan fingerprint density at radius 1 is 1.29 bits per heavy atom. The highest BCUT2D eigenvalue weighted by molar-refractivity contribution is 5.79. The van der Waals surface area contributed by atoms with Gasteiger partial charge in [0, 0.05) is 6.07 Å². The van der Waals surface area contributed by atoms with E-state index in [-0.39, 0.29) is 11.4 Å². The number of allylic oxidation sites excluding steroid dienone is 4. The molecular formula is C13H14N4O4. The summed E-state index contributed by atoms with van der Waals surface area (Å²) in [6, 6.07) is 3.31. The van der Waals surface area contributed by atoms with Crippen LogP contribution >= 0.6 is 0 Å². The van der Waals surface area contributed by atoms with E-state index in [1.165, 1.54) is 18.3 Å². The predicted octanol–water partition coefficient (Wildman–Crippen LogP) is 3.42. The Kier molecular flexibility index (Phi) is 5.75. The molecule has 0 aliphatic rings. The lowest BCUT2D eigenvalue weighted by Crippen LogP contribution is -1.98. The quantitative estimate of drug-likeness (QED) is 0.373. The predicted molar refractivity (Wildman–Crippen MR) is 80.4 cm³/mol. The maximum absolute atomic E-state index is 10.9. The van der Waals surface area contributed by atoms with Crippen molar-refractivity contribution in [2.45, 2.75) is 13.8 Å². The van der Waals surface area contributed by atoms with Gasteiger partial charge in [0.25, 0.3) is 5.69 Å². The highest BCUT2D eigenvalue weighted by atomic mass is 16.6. The molecule has 21 heavy (non-hydrogen) atoms. The Balaban J connectivity index is 2.96. The van der Waals surface area contributed by atoms with E-state index < -0.39 is 15.5 Å². The van der Waals surface area contributed by atoms with Crippen molar-refractivity contribution in [2.24, 2.45) is 5.10 Å². The molecule has 110 valence electrons. The van der Waals surface area contributed by atoms with Gasteiger partial charge in [-0.15, -0.1) is 0 Å². The van der Waals surface area contributed by atoms with Crippen molar-refractivity contribution in [3.05, 3.63) is 62.2 Å². The highest BCUT2D eigenvalue weighted by Crippen LogP contribution is 2.28. The number of anilines is 1. The number of hydrazone groups is 1. The van der Waals surface area contributed by atoms with Gasteiger partial charge in [0.2, 0.25) is 0 Å². The lowest BCUT2D eigenvalue weighted by Gasteiger charge is -2.01. The highest BCUT2D eigenvalue weighted by Gasteiger charge is 2.18. The van der Waals surface area contributed by atoms with Crippen LogP contribution in [-0.2, 0) is 0 Å². The van der Waals surface area contributed by atoms with E-state index in [1.54, 1.807) is 0 Å². The first-order chi connectivity index (χ1) is 9.95. The Labute approximate surface area is 120 Å². The van der Waals surface area contributed by atoms with Crippen molar-refractivity contribution < 1.29 is 9.85 Å². The lowest BCUT2D eigenvalue weighted by molar-refractivity contribution is -0.393. The smallest absolute Gasteiger partial charge is 0.272 e. The van der Waals surface area contributed by atoms with Crippen molar-refractivity contribution in [3.8, 4) is 0 Å². The number of hydrogen-bond acceptors (Lipinski definition) is 6. The molecule has 0 aromatic heterocycles.